The third kappa shape index (κ3) is 0.798. The number of nitrogens with one attached hydrogen (secondary N) is 1. The summed E-state index contributed by atoms with van der Waals surface area (Å²) in [5, 5.41) is 13.3. The zero-order valence-electron chi connectivity index (χ0n) is 6.66. The van der Waals surface area contributed by atoms with Gasteiger partial charge in [-0.25, -0.2) is 0 Å². The lowest BCUT2D eigenvalue weighted by atomic mass is 9.63. The van der Waals surface area contributed by atoms with Crippen LogP contribution in [0.2, 0.25) is 0 Å². The largest absolute Gasteiger partial charge is 0.391 e. The molecule has 2 saturated heterocycles. The highest BCUT2D eigenvalue weighted by Gasteiger charge is 2.47. The summed E-state index contributed by atoms with van der Waals surface area (Å²) in [5.41, 5.74) is 0. The van der Waals surface area contributed by atoms with Gasteiger partial charge < -0.3 is 10.4 Å². The minimum atomic E-state index is -0.0252. The molecule has 0 aromatic rings. The van der Waals surface area contributed by atoms with Gasteiger partial charge in [-0.2, -0.15) is 0 Å². The van der Waals surface area contributed by atoms with Crippen molar-refractivity contribution in [1.29, 1.82) is 0 Å². The molecule has 4 unspecified atom stereocenters. The Morgan fingerprint density at radius 2 is 2.00 bits per heavy atom. The number of hydrogen-bond acceptors (Lipinski definition) is 2. The van der Waals surface area contributed by atoms with Crippen LogP contribution in [0.3, 0.4) is 0 Å². The van der Waals surface area contributed by atoms with Crippen molar-refractivity contribution in [3.05, 3.63) is 0 Å². The van der Waals surface area contributed by atoms with E-state index in [0.29, 0.717) is 12.0 Å². The van der Waals surface area contributed by atoms with Crippen LogP contribution in [0.5, 0.6) is 0 Å². The van der Waals surface area contributed by atoms with E-state index in [1.165, 1.54) is 25.7 Å². The van der Waals surface area contributed by atoms with Crippen LogP contribution in [0.1, 0.15) is 25.7 Å². The molecule has 2 heterocycles. The molecular formula is C9H15NO. The van der Waals surface area contributed by atoms with Crippen LogP contribution in [0.15, 0.2) is 0 Å². The first-order valence-corrected chi connectivity index (χ1v) is 4.77. The minimum Gasteiger partial charge on any atom is -0.391 e. The Balaban J connectivity index is 1.91. The maximum Gasteiger partial charge on any atom is 0.0722 e. The maximum atomic E-state index is 9.76. The SMILES string of the molecule is O[C@@H]1C2CC3CC(C2)NC1C3. The Hall–Kier alpha value is -0.0800. The second-order valence-corrected chi connectivity index (χ2v) is 4.53. The third-order valence-electron chi connectivity index (χ3n) is 3.77. The van der Waals surface area contributed by atoms with Crippen LogP contribution in [-0.2, 0) is 0 Å². The van der Waals surface area contributed by atoms with Gasteiger partial charge in [-0.05, 0) is 37.5 Å². The van der Waals surface area contributed by atoms with Crippen molar-refractivity contribution < 1.29 is 5.11 Å². The van der Waals surface area contributed by atoms with E-state index >= 15 is 0 Å². The molecule has 2 heteroatoms. The molecule has 0 aromatic carbocycles. The quantitative estimate of drug-likeness (QED) is 0.531. The predicted octanol–water partition coefficient (Wildman–Crippen LogP) is 0.508. The van der Waals surface area contributed by atoms with E-state index in [0.717, 1.165) is 12.0 Å². The highest BCUT2D eigenvalue weighted by Crippen LogP contribution is 2.44. The van der Waals surface area contributed by atoms with Gasteiger partial charge >= 0.3 is 0 Å². The first-order valence-electron chi connectivity index (χ1n) is 4.77. The van der Waals surface area contributed by atoms with Gasteiger partial charge in [0.15, 0.2) is 0 Å². The molecule has 2 aliphatic carbocycles. The van der Waals surface area contributed by atoms with Crippen LogP contribution < -0.4 is 5.32 Å². The maximum absolute atomic E-state index is 9.76. The molecule has 2 N–H and O–H groups in total. The van der Waals surface area contributed by atoms with E-state index in [2.05, 4.69) is 5.32 Å². The average molecular weight is 153 g/mol. The molecule has 4 rings (SSSR count). The molecule has 0 radical (unpaired) electrons. The molecule has 2 aliphatic heterocycles. The molecular weight excluding hydrogens is 138 g/mol. The highest BCUT2D eigenvalue weighted by molar-refractivity contribution is 5.03. The lowest BCUT2D eigenvalue weighted by molar-refractivity contribution is -0.0592. The molecule has 4 bridgehead atoms. The van der Waals surface area contributed by atoms with Gasteiger partial charge in [0.1, 0.15) is 0 Å². The zero-order valence-corrected chi connectivity index (χ0v) is 6.66. The number of aliphatic hydroxyl groups is 1. The predicted molar refractivity (Wildman–Crippen MR) is 42.2 cm³/mol. The number of hydrogen-bond donors (Lipinski definition) is 2. The Labute approximate surface area is 67.0 Å². The van der Waals surface area contributed by atoms with Crippen molar-refractivity contribution in [3.63, 3.8) is 0 Å². The molecule has 11 heavy (non-hydrogen) atoms. The number of piperidine rings is 2. The summed E-state index contributed by atoms with van der Waals surface area (Å²) in [6.07, 6.45) is 5.11. The topological polar surface area (TPSA) is 32.3 Å². The van der Waals surface area contributed by atoms with E-state index in [1.807, 2.05) is 0 Å². The standard InChI is InChI=1S/C9H15NO/c11-9-6-1-5-2-7(4-6)10-8(9)3-5/h5-11H,1-4H2/t5?,6?,7?,8?,9-/m1/s1. The van der Waals surface area contributed by atoms with Gasteiger partial charge in [-0.3, -0.25) is 0 Å². The second-order valence-electron chi connectivity index (χ2n) is 4.53. The first kappa shape index (κ1) is 6.44. The summed E-state index contributed by atoms with van der Waals surface area (Å²) in [6, 6.07) is 1.20. The number of aliphatic hydroxyl groups excluding tert-OH is 1. The van der Waals surface area contributed by atoms with E-state index in [1.54, 1.807) is 0 Å². The van der Waals surface area contributed by atoms with E-state index < -0.39 is 0 Å². The third-order valence-corrected chi connectivity index (χ3v) is 3.77. The zero-order chi connectivity index (χ0) is 7.42. The van der Waals surface area contributed by atoms with E-state index in [9.17, 15) is 5.11 Å². The normalized spacial score (nSPS) is 60.3. The van der Waals surface area contributed by atoms with Crippen LogP contribution in [0.4, 0.5) is 0 Å². The Morgan fingerprint density at radius 3 is 2.73 bits per heavy atom. The summed E-state index contributed by atoms with van der Waals surface area (Å²) >= 11 is 0. The summed E-state index contributed by atoms with van der Waals surface area (Å²) < 4.78 is 0. The molecule has 5 atom stereocenters. The molecule has 0 amide bonds. The van der Waals surface area contributed by atoms with Gasteiger partial charge in [0.05, 0.1) is 6.10 Å². The molecule has 4 aliphatic rings. The fourth-order valence-corrected chi connectivity index (χ4v) is 3.39. The Morgan fingerprint density at radius 1 is 1.09 bits per heavy atom. The average Bonchev–Trinajstić information content (AvgIpc) is 1.98. The van der Waals surface area contributed by atoms with Crippen molar-refractivity contribution in [3.8, 4) is 0 Å². The van der Waals surface area contributed by atoms with Crippen LogP contribution in [-0.4, -0.2) is 23.3 Å². The fourth-order valence-electron chi connectivity index (χ4n) is 3.39. The molecule has 0 spiro atoms. The van der Waals surface area contributed by atoms with Crippen LogP contribution in [0.25, 0.3) is 0 Å². The van der Waals surface area contributed by atoms with Crippen molar-refractivity contribution in [2.75, 3.05) is 0 Å². The van der Waals surface area contributed by atoms with Crippen molar-refractivity contribution in [2.24, 2.45) is 11.8 Å². The molecule has 2 nitrogen and oxygen atoms in total. The second kappa shape index (κ2) is 1.99. The van der Waals surface area contributed by atoms with Gasteiger partial charge in [0, 0.05) is 12.1 Å². The monoisotopic (exact) mass is 153 g/mol. The fraction of sp³-hybridized carbons (Fsp3) is 1.00. The summed E-state index contributed by atoms with van der Waals surface area (Å²) in [5.74, 6) is 1.58. The van der Waals surface area contributed by atoms with Gasteiger partial charge in [0.2, 0.25) is 0 Å². The molecule has 62 valence electrons. The smallest absolute Gasteiger partial charge is 0.0722 e. The summed E-state index contributed by atoms with van der Waals surface area (Å²) in [4.78, 5) is 0. The first-order chi connectivity index (χ1) is 5.33. The van der Waals surface area contributed by atoms with Crippen LogP contribution >= 0.6 is 0 Å². The molecule has 2 saturated carbocycles. The number of rotatable bonds is 0. The van der Waals surface area contributed by atoms with Crippen molar-refractivity contribution >= 4 is 0 Å². The van der Waals surface area contributed by atoms with Crippen molar-refractivity contribution in [1.82, 2.24) is 5.32 Å². The Kier molecular flexibility index (Phi) is 1.16. The lowest BCUT2D eigenvalue weighted by Gasteiger charge is -2.53. The van der Waals surface area contributed by atoms with E-state index in [-0.39, 0.29) is 6.10 Å². The summed E-state index contributed by atoms with van der Waals surface area (Å²) in [6.45, 7) is 0. The lowest BCUT2D eigenvalue weighted by Crippen LogP contribution is -2.62. The van der Waals surface area contributed by atoms with Gasteiger partial charge in [-0.1, -0.05) is 0 Å². The Bertz CT molecular complexity index is 152. The van der Waals surface area contributed by atoms with E-state index in [4.69, 9.17) is 0 Å². The highest BCUT2D eigenvalue weighted by atomic mass is 16.3. The van der Waals surface area contributed by atoms with Gasteiger partial charge in [0.25, 0.3) is 0 Å². The van der Waals surface area contributed by atoms with Crippen molar-refractivity contribution in [2.45, 2.75) is 43.9 Å². The molecule has 0 aromatic heterocycles. The summed E-state index contributed by atoms with van der Waals surface area (Å²) in [7, 11) is 0. The van der Waals surface area contributed by atoms with Crippen LogP contribution in [0, 0.1) is 11.8 Å². The molecule has 4 fully saturated rings. The minimum absolute atomic E-state index is 0.0252. The van der Waals surface area contributed by atoms with Gasteiger partial charge in [-0.15, -0.1) is 0 Å².